The number of hydrogen-bond donors (Lipinski definition) is 3. The lowest BCUT2D eigenvalue weighted by atomic mass is 10.1. The van der Waals surface area contributed by atoms with E-state index in [4.69, 9.17) is 0 Å². The minimum atomic E-state index is -0.144. The summed E-state index contributed by atoms with van der Waals surface area (Å²) >= 11 is 0. The molecule has 0 bridgehead atoms. The first-order valence-electron chi connectivity index (χ1n) is 7.47. The fourth-order valence-corrected chi connectivity index (χ4v) is 2.60. The van der Waals surface area contributed by atoms with Crippen LogP contribution in [0.4, 0.5) is 0 Å². The van der Waals surface area contributed by atoms with Gasteiger partial charge in [0, 0.05) is 19.0 Å². The maximum absolute atomic E-state index is 11.7. The summed E-state index contributed by atoms with van der Waals surface area (Å²) in [5.74, 6) is 0.00469. The van der Waals surface area contributed by atoms with Gasteiger partial charge in [0.05, 0.1) is 6.42 Å². The second-order valence-corrected chi connectivity index (χ2v) is 5.50. The molecule has 0 heterocycles. The van der Waals surface area contributed by atoms with E-state index in [9.17, 15) is 14.7 Å². The lowest BCUT2D eigenvalue weighted by molar-refractivity contribution is -0.122. The molecule has 0 unspecified atom stereocenters. The highest BCUT2D eigenvalue weighted by Crippen LogP contribution is 2.17. The molecule has 0 saturated heterocycles. The Hall–Kier alpha value is -2.04. The molecular weight excluding hydrogens is 268 g/mol. The molecule has 1 aliphatic carbocycles. The van der Waals surface area contributed by atoms with Gasteiger partial charge >= 0.3 is 0 Å². The van der Waals surface area contributed by atoms with E-state index in [-0.39, 0.29) is 24.0 Å². The van der Waals surface area contributed by atoms with Crippen molar-refractivity contribution in [2.45, 2.75) is 44.6 Å². The predicted octanol–water partition coefficient (Wildman–Crippen LogP) is 1.50. The molecule has 0 aromatic heterocycles. The van der Waals surface area contributed by atoms with Crippen LogP contribution in [-0.4, -0.2) is 29.5 Å². The summed E-state index contributed by atoms with van der Waals surface area (Å²) in [5.41, 5.74) is 0.753. The number of nitrogens with one attached hydrogen (secondary N) is 2. The number of rotatable bonds is 6. The van der Waals surface area contributed by atoms with Crippen molar-refractivity contribution in [2.75, 3.05) is 6.54 Å². The van der Waals surface area contributed by atoms with E-state index in [1.807, 2.05) is 0 Å². The van der Waals surface area contributed by atoms with Gasteiger partial charge in [-0.05, 0) is 30.5 Å². The molecule has 0 spiro atoms. The highest BCUT2D eigenvalue weighted by molar-refractivity contribution is 5.80. The fraction of sp³-hybridized carbons (Fsp3) is 0.500. The van der Waals surface area contributed by atoms with Gasteiger partial charge in [0.2, 0.25) is 11.8 Å². The molecular formula is C16H22N2O3. The van der Waals surface area contributed by atoms with Crippen LogP contribution in [0.15, 0.2) is 24.3 Å². The van der Waals surface area contributed by atoms with E-state index < -0.39 is 0 Å². The largest absolute Gasteiger partial charge is 0.508 e. The van der Waals surface area contributed by atoms with Gasteiger partial charge in [-0.15, -0.1) is 0 Å². The Bertz CT molecular complexity index is 496. The Balaban J connectivity index is 1.63. The summed E-state index contributed by atoms with van der Waals surface area (Å²) < 4.78 is 0. The average molecular weight is 290 g/mol. The van der Waals surface area contributed by atoms with Gasteiger partial charge in [-0.3, -0.25) is 9.59 Å². The van der Waals surface area contributed by atoms with Gasteiger partial charge in [0.15, 0.2) is 0 Å². The van der Waals surface area contributed by atoms with E-state index in [2.05, 4.69) is 10.6 Å². The van der Waals surface area contributed by atoms with Gasteiger partial charge in [-0.25, -0.2) is 0 Å². The Morgan fingerprint density at radius 1 is 1.19 bits per heavy atom. The Labute approximate surface area is 124 Å². The third-order valence-corrected chi connectivity index (χ3v) is 3.67. The van der Waals surface area contributed by atoms with E-state index in [0.717, 1.165) is 18.4 Å². The molecule has 114 valence electrons. The molecule has 5 heteroatoms. The molecule has 21 heavy (non-hydrogen) atoms. The van der Waals surface area contributed by atoms with Crippen molar-refractivity contribution in [3.05, 3.63) is 29.8 Å². The minimum absolute atomic E-state index is 0.000412. The third-order valence-electron chi connectivity index (χ3n) is 3.67. The summed E-state index contributed by atoms with van der Waals surface area (Å²) in [7, 11) is 0. The lowest BCUT2D eigenvalue weighted by Crippen LogP contribution is -2.35. The molecule has 1 fully saturated rings. The van der Waals surface area contributed by atoms with E-state index in [0.29, 0.717) is 19.0 Å². The summed E-state index contributed by atoms with van der Waals surface area (Å²) in [6.07, 6.45) is 5.02. The summed E-state index contributed by atoms with van der Waals surface area (Å²) in [6, 6.07) is 6.93. The van der Waals surface area contributed by atoms with Crippen LogP contribution in [0.2, 0.25) is 0 Å². The average Bonchev–Trinajstić information content (AvgIpc) is 2.91. The quantitative estimate of drug-likeness (QED) is 0.743. The van der Waals surface area contributed by atoms with Crippen molar-refractivity contribution in [1.82, 2.24) is 10.6 Å². The molecule has 5 nitrogen and oxygen atoms in total. The molecule has 3 N–H and O–H groups in total. The topological polar surface area (TPSA) is 78.4 Å². The Morgan fingerprint density at radius 3 is 2.67 bits per heavy atom. The number of benzene rings is 1. The number of amides is 2. The van der Waals surface area contributed by atoms with Gasteiger partial charge in [0.1, 0.15) is 5.75 Å². The van der Waals surface area contributed by atoms with Crippen molar-refractivity contribution in [3.63, 3.8) is 0 Å². The molecule has 2 rings (SSSR count). The molecule has 1 aliphatic rings. The first-order chi connectivity index (χ1) is 10.1. The van der Waals surface area contributed by atoms with Crippen LogP contribution >= 0.6 is 0 Å². The number of phenolic OH excluding ortho intramolecular Hbond substituents is 1. The van der Waals surface area contributed by atoms with Crippen molar-refractivity contribution < 1.29 is 14.7 Å². The van der Waals surface area contributed by atoms with Crippen LogP contribution in [0, 0.1) is 0 Å². The van der Waals surface area contributed by atoms with Crippen LogP contribution in [0.5, 0.6) is 5.75 Å². The van der Waals surface area contributed by atoms with Crippen LogP contribution in [0.3, 0.4) is 0 Å². The van der Waals surface area contributed by atoms with Crippen molar-refractivity contribution in [2.24, 2.45) is 0 Å². The highest BCUT2D eigenvalue weighted by atomic mass is 16.3. The third kappa shape index (κ3) is 5.45. The summed E-state index contributed by atoms with van der Waals surface area (Å²) in [4.78, 5) is 23.4. The van der Waals surface area contributed by atoms with Crippen molar-refractivity contribution in [1.29, 1.82) is 0 Å². The monoisotopic (exact) mass is 290 g/mol. The minimum Gasteiger partial charge on any atom is -0.508 e. The van der Waals surface area contributed by atoms with Gasteiger partial charge in [-0.1, -0.05) is 25.0 Å². The maximum atomic E-state index is 11.7. The lowest BCUT2D eigenvalue weighted by Gasteiger charge is -2.12. The Morgan fingerprint density at radius 2 is 1.95 bits per heavy atom. The first-order valence-corrected chi connectivity index (χ1v) is 7.47. The maximum Gasteiger partial charge on any atom is 0.224 e. The van der Waals surface area contributed by atoms with Crippen LogP contribution in [0.25, 0.3) is 0 Å². The normalized spacial score (nSPS) is 14.9. The van der Waals surface area contributed by atoms with E-state index in [1.54, 1.807) is 24.3 Å². The standard InChI is InChI=1S/C16H22N2O3/c19-14-7-3-4-12(10-14)11-16(21)17-9-8-15(20)18-13-5-1-2-6-13/h3-4,7,10,13,19H,1-2,5-6,8-9,11H2,(H,17,21)(H,18,20). The fourth-order valence-electron chi connectivity index (χ4n) is 2.60. The molecule has 0 aliphatic heterocycles. The second-order valence-electron chi connectivity index (χ2n) is 5.50. The molecule has 1 aromatic carbocycles. The summed E-state index contributed by atoms with van der Waals surface area (Å²) in [6.45, 7) is 0.343. The SMILES string of the molecule is O=C(Cc1cccc(O)c1)NCCC(=O)NC1CCCC1. The van der Waals surface area contributed by atoms with Crippen LogP contribution in [-0.2, 0) is 16.0 Å². The zero-order valence-electron chi connectivity index (χ0n) is 12.1. The summed E-state index contributed by atoms with van der Waals surface area (Å²) in [5, 5.41) is 15.0. The van der Waals surface area contributed by atoms with Crippen LogP contribution < -0.4 is 10.6 Å². The van der Waals surface area contributed by atoms with E-state index in [1.165, 1.54) is 12.8 Å². The predicted molar refractivity (Wildman–Crippen MR) is 79.8 cm³/mol. The zero-order chi connectivity index (χ0) is 15.1. The van der Waals surface area contributed by atoms with Crippen LogP contribution in [0.1, 0.15) is 37.7 Å². The highest BCUT2D eigenvalue weighted by Gasteiger charge is 2.16. The molecule has 0 atom stereocenters. The van der Waals surface area contributed by atoms with Gasteiger partial charge in [0.25, 0.3) is 0 Å². The number of hydrogen-bond acceptors (Lipinski definition) is 3. The first kappa shape index (κ1) is 15.4. The van der Waals surface area contributed by atoms with Crippen molar-refractivity contribution in [3.8, 4) is 5.75 Å². The van der Waals surface area contributed by atoms with Gasteiger partial charge < -0.3 is 15.7 Å². The molecule has 1 saturated carbocycles. The molecule has 2 amide bonds. The molecule has 1 aromatic rings. The number of carbonyl (C=O) groups is 2. The zero-order valence-corrected chi connectivity index (χ0v) is 12.1. The number of carbonyl (C=O) groups excluding carboxylic acids is 2. The van der Waals surface area contributed by atoms with Crippen molar-refractivity contribution >= 4 is 11.8 Å². The number of phenols is 1. The Kier molecular flexibility index (Phi) is 5.60. The smallest absolute Gasteiger partial charge is 0.224 e. The van der Waals surface area contributed by atoms with E-state index >= 15 is 0 Å². The number of aromatic hydroxyl groups is 1. The molecule has 0 radical (unpaired) electrons. The van der Waals surface area contributed by atoms with Gasteiger partial charge in [-0.2, -0.15) is 0 Å². The second kappa shape index (κ2) is 7.67.